The second-order valence-corrected chi connectivity index (χ2v) is 4.03. The quantitative estimate of drug-likeness (QED) is 0.534. The number of ether oxygens (including phenoxy) is 1. The van der Waals surface area contributed by atoms with E-state index in [1.165, 1.54) is 6.92 Å². The van der Waals surface area contributed by atoms with Crippen molar-refractivity contribution in [3.05, 3.63) is 29.3 Å². The summed E-state index contributed by atoms with van der Waals surface area (Å²) >= 11 is 0. The summed E-state index contributed by atoms with van der Waals surface area (Å²) in [5.74, 6) is 0.102. The van der Waals surface area contributed by atoms with Crippen molar-refractivity contribution in [2.24, 2.45) is 0 Å². The summed E-state index contributed by atoms with van der Waals surface area (Å²) < 4.78 is 5.06. The molecule has 2 rings (SSSR count). The van der Waals surface area contributed by atoms with Crippen molar-refractivity contribution in [1.29, 1.82) is 0 Å². The first-order valence-electron chi connectivity index (χ1n) is 5.23. The molecule has 0 aliphatic heterocycles. The van der Waals surface area contributed by atoms with Gasteiger partial charge in [0.05, 0.1) is 12.2 Å². The van der Waals surface area contributed by atoms with Crippen molar-refractivity contribution in [2.75, 3.05) is 0 Å². The average Bonchev–Trinajstić information content (AvgIpc) is 2.20. The van der Waals surface area contributed by atoms with Gasteiger partial charge in [-0.1, -0.05) is 12.1 Å². The molecule has 86 valence electrons. The number of benzene rings is 1. The lowest BCUT2D eigenvalue weighted by Crippen LogP contribution is -2.34. The van der Waals surface area contributed by atoms with E-state index in [2.05, 4.69) is 0 Å². The van der Waals surface area contributed by atoms with Crippen molar-refractivity contribution >= 4 is 5.97 Å². The molecular weight excluding hydrogens is 208 g/mol. The van der Waals surface area contributed by atoms with E-state index in [4.69, 9.17) is 4.74 Å². The minimum Gasteiger partial charge on any atom is -0.426 e. The Morgan fingerprint density at radius 1 is 1.31 bits per heavy atom. The SMILES string of the molecule is CC(=O)Oc1cccc2c1CC(O)C(O)C2. The molecule has 1 aliphatic rings. The number of fused-ring (bicyclic) bond motifs is 1. The van der Waals surface area contributed by atoms with Crippen molar-refractivity contribution < 1.29 is 19.7 Å². The molecule has 0 fully saturated rings. The van der Waals surface area contributed by atoms with E-state index in [1.54, 1.807) is 12.1 Å². The molecule has 0 saturated heterocycles. The molecule has 0 spiro atoms. The second kappa shape index (κ2) is 4.23. The summed E-state index contributed by atoms with van der Waals surface area (Å²) in [6.07, 6.45) is -0.810. The molecule has 16 heavy (non-hydrogen) atoms. The Bertz CT molecular complexity index is 413. The number of hydrogen-bond acceptors (Lipinski definition) is 4. The molecule has 4 heteroatoms. The van der Waals surface area contributed by atoms with Crippen LogP contribution in [0.4, 0.5) is 0 Å². The molecule has 1 aromatic rings. The number of carbonyl (C=O) groups excluding carboxylic acids is 1. The van der Waals surface area contributed by atoms with E-state index >= 15 is 0 Å². The summed E-state index contributed by atoms with van der Waals surface area (Å²) in [5.41, 5.74) is 1.74. The van der Waals surface area contributed by atoms with Crippen molar-refractivity contribution in [2.45, 2.75) is 32.0 Å². The Balaban J connectivity index is 2.36. The highest BCUT2D eigenvalue weighted by atomic mass is 16.5. The van der Waals surface area contributed by atoms with Gasteiger partial charge in [-0.3, -0.25) is 4.79 Å². The van der Waals surface area contributed by atoms with Crippen LogP contribution in [-0.4, -0.2) is 28.4 Å². The zero-order valence-electron chi connectivity index (χ0n) is 9.01. The topological polar surface area (TPSA) is 66.8 Å². The highest BCUT2D eigenvalue weighted by Gasteiger charge is 2.27. The molecule has 0 heterocycles. The number of esters is 1. The van der Waals surface area contributed by atoms with Crippen LogP contribution < -0.4 is 4.74 Å². The number of aliphatic hydroxyl groups is 2. The van der Waals surface area contributed by atoms with Gasteiger partial charge in [0.25, 0.3) is 0 Å². The van der Waals surface area contributed by atoms with E-state index in [9.17, 15) is 15.0 Å². The smallest absolute Gasteiger partial charge is 0.308 e. The molecule has 2 N–H and O–H groups in total. The molecule has 0 amide bonds. The van der Waals surface area contributed by atoms with Gasteiger partial charge in [-0.2, -0.15) is 0 Å². The Kier molecular flexibility index (Phi) is 2.94. The predicted octanol–water partition coefficient (Wildman–Crippen LogP) is 0.432. The first kappa shape index (κ1) is 11.1. The Morgan fingerprint density at radius 2 is 2.00 bits per heavy atom. The van der Waals surface area contributed by atoms with Crippen molar-refractivity contribution in [1.82, 2.24) is 0 Å². The van der Waals surface area contributed by atoms with Gasteiger partial charge in [0, 0.05) is 25.3 Å². The zero-order valence-corrected chi connectivity index (χ0v) is 9.01. The fraction of sp³-hybridized carbons (Fsp3) is 0.417. The first-order valence-corrected chi connectivity index (χ1v) is 5.23. The molecule has 1 aliphatic carbocycles. The fourth-order valence-corrected chi connectivity index (χ4v) is 1.99. The third kappa shape index (κ3) is 2.08. The van der Waals surface area contributed by atoms with Gasteiger partial charge in [0.15, 0.2) is 0 Å². The molecule has 0 saturated carbocycles. The van der Waals surface area contributed by atoms with Crippen LogP contribution in [0.15, 0.2) is 18.2 Å². The fourth-order valence-electron chi connectivity index (χ4n) is 1.99. The maximum absolute atomic E-state index is 10.9. The predicted molar refractivity (Wildman–Crippen MR) is 57.2 cm³/mol. The maximum Gasteiger partial charge on any atom is 0.308 e. The summed E-state index contributed by atoms with van der Waals surface area (Å²) in [6.45, 7) is 1.34. The molecular formula is C12H14O4. The van der Waals surface area contributed by atoms with Gasteiger partial charge in [-0.25, -0.2) is 0 Å². The van der Waals surface area contributed by atoms with Crippen LogP contribution in [0.1, 0.15) is 18.1 Å². The zero-order chi connectivity index (χ0) is 11.7. The molecule has 4 nitrogen and oxygen atoms in total. The molecule has 0 bridgehead atoms. The molecule has 2 unspecified atom stereocenters. The molecule has 0 aromatic heterocycles. The lowest BCUT2D eigenvalue weighted by molar-refractivity contribution is -0.132. The van der Waals surface area contributed by atoms with E-state index < -0.39 is 12.2 Å². The first-order chi connectivity index (χ1) is 7.58. The Morgan fingerprint density at radius 3 is 2.69 bits per heavy atom. The van der Waals surface area contributed by atoms with Crippen LogP contribution in [0.3, 0.4) is 0 Å². The monoisotopic (exact) mass is 222 g/mol. The molecule has 0 radical (unpaired) electrons. The number of aliphatic hydroxyl groups excluding tert-OH is 2. The second-order valence-electron chi connectivity index (χ2n) is 4.03. The van der Waals surface area contributed by atoms with Crippen LogP contribution >= 0.6 is 0 Å². The van der Waals surface area contributed by atoms with Gasteiger partial charge in [-0.15, -0.1) is 0 Å². The van der Waals surface area contributed by atoms with Crippen LogP contribution in [-0.2, 0) is 17.6 Å². The number of rotatable bonds is 1. The third-order valence-electron chi connectivity index (χ3n) is 2.77. The summed E-state index contributed by atoms with van der Waals surface area (Å²) in [7, 11) is 0. The Labute approximate surface area is 93.5 Å². The van der Waals surface area contributed by atoms with E-state index in [0.29, 0.717) is 18.6 Å². The molecule has 1 aromatic carbocycles. The summed E-state index contributed by atoms with van der Waals surface area (Å²) in [5, 5.41) is 19.1. The van der Waals surface area contributed by atoms with Crippen molar-refractivity contribution in [3.8, 4) is 5.75 Å². The number of hydrogen-bond donors (Lipinski definition) is 2. The van der Waals surface area contributed by atoms with E-state index in [-0.39, 0.29) is 5.97 Å². The van der Waals surface area contributed by atoms with Gasteiger partial charge < -0.3 is 14.9 Å². The lowest BCUT2D eigenvalue weighted by Gasteiger charge is -2.27. The lowest BCUT2D eigenvalue weighted by atomic mass is 9.87. The van der Waals surface area contributed by atoms with Gasteiger partial charge in [0.2, 0.25) is 0 Å². The summed E-state index contributed by atoms with van der Waals surface area (Å²) in [4.78, 5) is 10.9. The van der Waals surface area contributed by atoms with Crippen LogP contribution in [0, 0.1) is 0 Å². The van der Waals surface area contributed by atoms with Crippen molar-refractivity contribution in [3.63, 3.8) is 0 Å². The van der Waals surface area contributed by atoms with E-state index in [0.717, 1.165) is 11.1 Å². The van der Waals surface area contributed by atoms with Crippen LogP contribution in [0.25, 0.3) is 0 Å². The standard InChI is InChI=1S/C12H14O4/c1-7(13)16-12-4-2-3-8-5-10(14)11(15)6-9(8)12/h2-4,10-11,14-15H,5-6H2,1H3. The van der Waals surface area contributed by atoms with Gasteiger partial charge >= 0.3 is 5.97 Å². The normalized spacial score (nSPS) is 23.7. The third-order valence-corrected chi connectivity index (χ3v) is 2.77. The van der Waals surface area contributed by atoms with Gasteiger partial charge in [0.1, 0.15) is 5.75 Å². The maximum atomic E-state index is 10.9. The summed E-state index contributed by atoms with van der Waals surface area (Å²) in [6, 6.07) is 5.35. The average molecular weight is 222 g/mol. The van der Waals surface area contributed by atoms with Crippen LogP contribution in [0.2, 0.25) is 0 Å². The molecule has 2 atom stereocenters. The minimum absolute atomic E-state index is 0.319. The highest BCUT2D eigenvalue weighted by molar-refractivity contribution is 5.70. The highest BCUT2D eigenvalue weighted by Crippen LogP contribution is 2.30. The van der Waals surface area contributed by atoms with Gasteiger partial charge in [-0.05, 0) is 11.6 Å². The van der Waals surface area contributed by atoms with Crippen LogP contribution in [0.5, 0.6) is 5.75 Å². The number of carbonyl (C=O) groups is 1. The Hall–Kier alpha value is -1.39. The largest absolute Gasteiger partial charge is 0.426 e. The van der Waals surface area contributed by atoms with E-state index in [1.807, 2.05) is 6.07 Å². The minimum atomic E-state index is -0.788.